The Balaban J connectivity index is 2.04. The van der Waals surface area contributed by atoms with Gasteiger partial charge in [-0.05, 0) is 43.6 Å². The molecule has 0 spiro atoms. The first-order valence-electron chi connectivity index (χ1n) is 5.94. The molecule has 0 aliphatic heterocycles. The Morgan fingerprint density at radius 2 is 2.07 bits per heavy atom. The standard InChI is InChI=1S/C13H23NS/c1-11(2)6-7-12(3)14-9-8-13-5-4-10-15-13/h4-5,10-12,14H,6-9H2,1-3H3. The molecule has 0 saturated carbocycles. The van der Waals surface area contributed by atoms with Crippen LogP contribution in [0.15, 0.2) is 17.5 Å². The van der Waals surface area contributed by atoms with Crippen LogP contribution in [-0.2, 0) is 6.42 Å². The highest BCUT2D eigenvalue weighted by atomic mass is 32.1. The molecule has 0 radical (unpaired) electrons. The molecular weight excluding hydrogens is 202 g/mol. The Morgan fingerprint density at radius 1 is 1.27 bits per heavy atom. The summed E-state index contributed by atoms with van der Waals surface area (Å²) in [5.41, 5.74) is 0. The second kappa shape index (κ2) is 7.02. The van der Waals surface area contributed by atoms with Crippen LogP contribution in [0, 0.1) is 5.92 Å². The van der Waals surface area contributed by atoms with Gasteiger partial charge in [-0.2, -0.15) is 0 Å². The maximum atomic E-state index is 3.58. The summed E-state index contributed by atoms with van der Waals surface area (Å²) in [6.07, 6.45) is 3.79. The molecule has 1 N–H and O–H groups in total. The van der Waals surface area contributed by atoms with Crippen LogP contribution in [0.2, 0.25) is 0 Å². The van der Waals surface area contributed by atoms with Crippen molar-refractivity contribution in [2.24, 2.45) is 5.92 Å². The van der Waals surface area contributed by atoms with Crippen molar-refractivity contribution in [3.8, 4) is 0 Å². The van der Waals surface area contributed by atoms with Gasteiger partial charge in [-0.15, -0.1) is 11.3 Å². The fourth-order valence-corrected chi connectivity index (χ4v) is 2.29. The molecule has 0 aliphatic carbocycles. The van der Waals surface area contributed by atoms with Gasteiger partial charge in [-0.3, -0.25) is 0 Å². The maximum absolute atomic E-state index is 3.58. The zero-order chi connectivity index (χ0) is 11.1. The zero-order valence-electron chi connectivity index (χ0n) is 10.1. The Bertz CT molecular complexity index is 241. The summed E-state index contributed by atoms with van der Waals surface area (Å²) in [7, 11) is 0. The molecule has 0 bridgehead atoms. The normalized spacial score (nSPS) is 13.3. The number of hydrogen-bond donors (Lipinski definition) is 1. The van der Waals surface area contributed by atoms with Crippen molar-refractivity contribution in [3.63, 3.8) is 0 Å². The van der Waals surface area contributed by atoms with Crippen LogP contribution in [0.25, 0.3) is 0 Å². The molecule has 2 heteroatoms. The fourth-order valence-electron chi connectivity index (χ4n) is 1.58. The van der Waals surface area contributed by atoms with E-state index < -0.39 is 0 Å². The third-order valence-electron chi connectivity index (χ3n) is 2.62. The predicted octanol–water partition coefficient (Wildman–Crippen LogP) is 3.70. The third kappa shape index (κ3) is 5.95. The van der Waals surface area contributed by atoms with E-state index >= 15 is 0 Å². The highest BCUT2D eigenvalue weighted by Crippen LogP contribution is 2.09. The molecule has 86 valence electrons. The highest BCUT2D eigenvalue weighted by molar-refractivity contribution is 7.09. The van der Waals surface area contributed by atoms with Gasteiger partial charge in [0.2, 0.25) is 0 Å². The van der Waals surface area contributed by atoms with E-state index in [-0.39, 0.29) is 0 Å². The van der Waals surface area contributed by atoms with E-state index in [0.29, 0.717) is 6.04 Å². The van der Waals surface area contributed by atoms with Crippen molar-refractivity contribution >= 4 is 11.3 Å². The molecule has 0 amide bonds. The SMILES string of the molecule is CC(C)CCC(C)NCCc1cccs1. The monoisotopic (exact) mass is 225 g/mol. The molecular formula is C13H23NS. The summed E-state index contributed by atoms with van der Waals surface area (Å²) in [5, 5.41) is 5.73. The molecule has 1 aromatic heterocycles. The van der Waals surface area contributed by atoms with Gasteiger partial charge in [0.05, 0.1) is 0 Å². The Hall–Kier alpha value is -0.340. The van der Waals surface area contributed by atoms with Crippen LogP contribution < -0.4 is 5.32 Å². The summed E-state index contributed by atoms with van der Waals surface area (Å²) in [6.45, 7) is 7.98. The molecule has 15 heavy (non-hydrogen) atoms. The van der Waals surface area contributed by atoms with Gasteiger partial charge in [0.1, 0.15) is 0 Å². The average molecular weight is 225 g/mol. The van der Waals surface area contributed by atoms with Crippen molar-refractivity contribution in [1.82, 2.24) is 5.32 Å². The minimum Gasteiger partial charge on any atom is -0.314 e. The van der Waals surface area contributed by atoms with E-state index in [1.165, 1.54) is 24.1 Å². The van der Waals surface area contributed by atoms with Gasteiger partial charge >= 0.3 is 0 Å². The van der Waals surface area contributed by atoms with Crippen LogP contribution >= 0.6 is 11.3 Å². The van der Waals surface area contributed by atoms with Crippen LogP contribution in [0.3, 0.4) is 0 Å². The van der Waals surface area contributed by atoms with Gasteiger partial charge in [-0.25, -0.2) is 0 Å². The molecule has 1 rings (SSSR count). The first-order valence-corrected chi connectivity index (χ1v) is 6.82. The van der Waals surface area contributed by atoms with E-state index in [9.17, 15) is 0 Å². The van der Waals surface area contributed by atoms with E-state index in [1.807, 2.05) is 11.3 Å². The number of hydrogen-bond acceptors (Lipinski definition) is 2. The summed E-state index contributed by atoms with van der Waals surface area (Å²) in [5.74, 6) is 0.826. The molecule has 1 heterocycles. The van der Waals surface area contributed by atoms with Crippen LogP contribution in [0.5, 0.6) is 0 Å². The summed E-state index contributed by atoms with van der Waals surface area (Å²) in [6, 6.07) is 5.00. The van der Waals surface area contributed by atoms with Crippen molar-refractivity contribution in [2.45, 2.75) is 46.1 Å². The van der Waals surface area contributed by atoms with Gasteiger partial charge in [-0.1, -0.05) is 19.9 Å². The van der Waals surface area contributed by atoms with Crippen molar-refractivity contribution in [1.29, 1.82) is 0 Å². The van der Waals surface area contributed by atoms with E-state index in [1.54, 1.807) is 0 Å². The molecule has 1 aromatic rings. The average Bonchev–Trinajstić information content (AvgIpc) is 2.67. The minimum absolute atomic E-state index is 0.660. The Kier molecular flexibility index (Phi) is 5.96. The molecule has 1 nitrogen and oxygen atoms in total. The molecule has 0 fully saturated rings. The summed E-state index contributed by atoms with van der Waals surface area (Å²) >= 11 is 1.85. The van der Waals surface area contributed by atoms with Crippen molar-refractivity contribution < 1.29 is 0 Å². The summed E-state index contributed by atoms with van der Waals surface area (Å²) < 4.78 is 0. The molecule has 0 saturated heterocycles. The van der Waals surface area contributed by atoms with E-state index in [2.05, 4.69) is 43.6 Å². The van der Waals surface area contributed by atoms with Gasteiger partial charge in [0.25, 0.3) is 0 Å². The molecule has 1 unspecified atom stereocenters. The van der Waals surface area contributed by atoms with Crippen molar-refractivity contribution in [2.75, 3.05) is 6.54 Å². The van der Waals surface area contributed by atoms with Gasteiger partial charge in [0, 0.05) is 17.5 Å². The lowest BCUT2D eigenvalue weighted by molar-refractivity contribution is 0.454. The maximum Gasteiger partial charge on any atom is 0.00578 e. The highest BCUT2D eigenvalue weighted by Gasteiger charge is 2.02. The molecule has 1 atom stereocenters. The van der Waals surface area contributed by atoms with Crippen molar-refractivity contribution in [3.05, 3.63) is 22.4 Å². The fraction of sp³-hybridized carbons (Fsp3) is 0.692. The zero-order valence-corrected chi connectivity index (χ0v) is 10.9. The number of thiophene rings is 1. The lowest BCUT2D eigenvalue weighted by atomic mass is 10.0. The van der Waals surface area contributed by atoms with Crippen LogP contribution in [0.1, 0.15) is 38.5 Å². The Morgan fingerprint density at radius 3 is 2.67 bits per heavy atom. The third-order valence-corrected chi connectivity index (χ3v) is 3.56. The van der Waals surface area contributed by atoms with Gasteiger partial charge < -0.3 is 5.32 Å². The lowest BCUT2D eigenvalue weighted by Crippen LogP contribution is -2.28. The largest absolute Gasteiger partial charge is 0.314 e. The van der Waals surface area contributed by atoms with Crippen LogP contribution in [0.4, 0.5) is 0 Å². The number of rotatable bonds is 7. The molecule has 0 aliphatic rings. The first kappa shape index (κ1) is 12.7. The quantitative estimate of drug-likeness (QED) is 0.746. The lowest BCUT2D eigenvalue weighted by Gasteiger charge is -2.14. The predicted molar refractivity (Wildman–Crippen MR) is 69.6 cm³/mol. The minimum atomic E-state index is 0.660. The Labute approximate surface area is 97.9 Å². The smallest absolute Gasteiger partial charge is 0.00578 e. The molecule has 0 aromatic carbocycles. The second-order valence-corrected chi connectivity index (χ2v) is 5.69. The van der Waals surface area contributed by atoms with E-state index in [4.69, 9.17) is 0 Å². The summed E-state index contributed by atoms with van der Waals surface area (Å²) in [4.78, 5) is 1.48. The topological polar surface area (TPSA) is 12.0 Å². The first-order chi connectivity index (χ1) is 7.18. The van der Waals surface area contributed by atoms with E-state index in [0.717, 1.165) is 12.5 Å². The van der Waals surface area contributed by atoms with Crippen LogP contribution in [-0.4, -0.2) is 12.6 Å². The van der Waals surface area contributed by atoms with Gasteiger partial charge in [0.15, 0.2) is 0 Å². The second-order valence-electron chi connectivity index (χ2n) is 4.66. The number of nitrogens with one attached hydrogen (secondary N) is 1.